The van der Waals surface area contributed by atoms with Gasteiger partial charge in [0.1, 0.15) is 11.3 Å². The zero-order valence-corrected chi connectivity index (χ0v) is 17.5. The van der Waals surface area contributed by atoms with Crippen molar-refractivity contribution < 1.29 is 9.18 Å². The zero-order valence-electron chi connectivity index (χ0n) is 17.5. The first kappa shape index (κ1) is 20.1. The number of aryl methyl sites for hydroxylation is 1. The Morgan fingerprint density at radius 2 is 1.91 bits per heavy atom. The van der Waals surface area contributed by atoms with E-state index in [-0.39, 0.29) is 11.5 Å². The number of rotatable bonds is 7. The number of carbonyl (C=O) groups is 1. The molecule has 0 aliphatic carbocycles. The molecule has 0 aliphatic rings. The fraction of sp³-hybridized carbons (Fsp3) is 0.200. The highest BCUT2D eigenvalue weighted by Gasteiger charge is 2.12. The van der Waals surface area contributed by atoms with Gasteiger partial charge in [0.05, 0.1) is 11.0 Å². The van der Waals surface area contributed by atoms with Crippen molar-refractivity contribution in [3.05, 3.63) is 88.7 Å². The Morgan fingerprint density at radius 1 is 1.03 bits per heavy atom. The maximum atomic E-state index is 13.9. The Labute approximate surface area is 183 Å². The number of nitrogens with zero attached hydrogens (tertiary/aromatic N) is 2. The number of H-pyrrole nitrogens is 1. The van der Waals surface area contributed by atoms with Crippen LogP contribution in [0.4, 0.5) is 4.39 Å². The molecule has 5 aromatic rings. The number of amides is 1. The lowest BCUT2D eigenvalue weighted by molar-refractivity contribution is -0.121. The third-order valence-electron chi connectivity index (χ3n) is 5.88. The Balaban J connectivity index is 1.23. The number of hydrogen-bond acceptors (Lipinski definition) is 2. The van der Waals surface area contributed by atoms with E-state index in [1.165, 1.54) is 23.1 Å². The average molecular weight is 430 g/mol. The van der Waals surface area contributed by atoms with Crippen LogP contribution in [0.2, 0.25) is 0 Å². The number of para-hydroxylation sites is 1. The second-order valence-corrected chi connectivity index (χ2v) is 7.92. The third-order valence-corrected chi connectivity index (χ3v) is 5.88. The number of carbonyl (C=O) groups excluding carboxylic acids is 1. The summed E-state index contributed by atoms with van der Waals surface area (Å²) in [5.41, 5.74) is 3.89. The number of aromatic amines is 1. The van der Waals surface area contributed by atoms with Gasteiger partial charge >= 0.3 is 0 Å². The molecule has 0 atom stereocenters. The summed E-state index contributed by atoms with van der Waals surface area (Å²) in [6.07, 6.45) is 5.29. The quantitative estimate of drug-likeness (QED) is 0.410. The largest absolute Gasteiger partial charge is 0.361 e. The minimum Gasteiger partial charge on any atom is -0.361 e. The Bertz CT molecular complexity index is 1490. The van der Waals surface area contributed by atoms with Gasteiger partial charge in [-0.3, -0.25) is 9.59 Å². The number of fused-ring (bicyclic) bond motifs is 4. The Kier molecular flexibility index (Phi) is 5.23. The van der Waals surface area contributed by atoms with Crippen LogP contribution in [0.15, 0.2) is 71.8 Å². The van der Waals surface area contributed by atoms with E-state index in [1.807, 2.05) is 24.4 Å². The van der Waals surface area contributed by atoms with Crippen LogP contribution < -0.4 is 10.9 Å². The van der Waals surface area contributed by atoms with E-state index >= 15 is 0 Å². The third kappa shape index (κ3) is 3.66. The zero-order chi connectivity index (χ0) is 22.1. The predicted octanol–water partition coefficient (Wildman–Crippen LogP) is 4.01. The molecule has 0 unspecified atom stereocenters. The summed E-state index contributed by atoms with van der Waals surface area (Å²) >= 11 is 0. The van der Waals surface area contributed by atoms with Gasteiger partial charge in [-0.2, -0.15) is 0 Å². The summed E-state index contributed by atoms with van der Waals surface area (Å²) in [6.45, 7) is 0.890. The SMILES string of the molecule is O=C(CCCn1c(=O)c2cccn2c2ccc(F)cc21)NCCc1c[nH]c2ccccc12. The highest BCUT2D eigenvalue weighted by molar-refractivity contribution is 5.83. The molecule has 6 nitrogen and oxygen atoms in total. The summed E-state index contributed by atoms with van der Waals surface area (Å²) in [7, 11) is 0. The van der Waals surface area contributed by atoms with Crippen molar-refractivity contribution in [2.75, 3.05) is 6.54 Å². The van der Waals surface area contributed by atoms with Crippen LogP contribution in [0, 0.1) is 5.82 Å². The van der Waals surface area contributed by atoms with Crippen LogP contribution in [0.5, 0.6) is 0 Å². The van der Waals surface area contributed by atoms with E-state index in [4.69, 9.17) is 0 Å². The molecule has 0 bridgehead atoms. The molecule has 162 valence electrons. The maximum absolute atomic E-state index is 13.9. The number of hydrogen-bond donors (Lipinski definition) is 2. The van der Waals surface area contributed by atoms with E-state index in [2.05, 4.69) is 16.4 Å². The molecule has 2 aromatic carbocycles. The molecule has 0 radical (unpaired) electrons. The molecule has 2 N–H and O–H groups in total. The first-order chi connectivity index (χ1) is 15.6. The van der Waals surface area contributed by atoms with Crippen LogP contribution in [-0.4, -0.2) is 26.4 Å². The van der Waals surface area contributed by atoms with Crippen molar-refractivity contribution in [1.82, 2.24) is 19.3 Å². The van der Waals surface area contributed by atoms with Gasteiger partial charge in [0, 0.05) is 42.8 Å². The number of halogens is 1. The maximum Gasteiger partial charge on any atom is 0.275 e. The highest BCUT2D eigenvalue weighted by Crippen LogP contribution is 2.18. The molecule has 7 heteroatoms. The number of nitrogens with one attached hydrogen (secondary N) is 2. The predicted molar refractivity (Wildman–Crippen MR) is 123 cm³/mol. The number of benzene rings is 2. The second-order valence-electron chi connectivity index (χ2n) is 7.92. The van der Waals surface area contributed by atoms with E-state index in [0.717, 1.165) is 17.5 Å². The second kappa shape index (κ2) is 8.34. The topological polar surface area (TPSA) is 71.3 Å². The molecule has 0 spiro atoms. The van der Waals surface area contributed by atoms with Gasteiger partial charge in [0.2, 0.25) is 5.91 Å². The van der Waals surface area contributed by atoms with E-state index < -0.39 is 5.82 Å². The fourth-order valence-corrected chi connectivity index (χ4v) is 4.31. The van der Waals surface area contributed by atoms with Gasteiger partial charge in [-0.25, -0.2) is 4.39 Å². The standard InChI is InChI=1S/C25H23FN4O2/c26-18-9-10-21-23(15-18)30(25(32)22-7-3-13-29(21)22)14-4-8-24(31)27-12-11-17-16-28-20-6-2-1-5-19(17)20/h1-3,5-7,9-10,13,15-16,28H,4,8,11-12,14H2,(H,27,31). The van der Waals surface area contributed by atoms with Crippen molar-refractivity contribution in [3.63, 3.8) is 0 Å². The van der Waals surface area contributed by atoms with Gasteiger partial charge in [0.25, 0.3) is 5.56 Å². The lowest BCUT2D eigenvalue weighted by Crippen LogP contribution is -2.27. The molecule has 0 saturated heterocycles. The van der Waals surface area contributed by atoms with Gasteiger partial charge in [-0.05, 0) is 54.8 Å². The summed E-state index contributed by atoms with van der Waals surface area (Å²) in [5.74, 6) is -0.454. The van der Waals surface area contributed by atoms with Crippen LogP contribution >= 0.6 is 0 Å². The van der Waals surface area contributed by atoms with Gasteiger partial charge in [-0.15, -0.1) is 0 Å². The molecule has 3 heterocycles. The van der Waals surface area contributed by atoms with Gasteiger partial charge in [-0.1, -0.05) is 18.2 Å². The molecular formula is C25H23FN4O2. The van der Waals surface area contributed by atoms with Crippen LogP contribution in [-0.2, 0) is 17.8 Å². The van der Waals surface area contributed by atoms with Crippen molar-refractivity contribution >= 4 is 33.4 Å². The van der Waals surface area contributed by atoms with Crippen molar-refractivity contribution in [3.8, 4) is 0 Å². The van der Waals surface area contributed by atoms with E-state index in [9.17, 15) is 14.0 Å². The molecule has 32 heavy (non-hydrogen) atoms. The monoisotopic (exact) mass is 430 g/mol. The molecule has 3 aromatic heterocycles. The van der Waals surface area contributed by atoms with Crippen LogP contribution in [0.3, 0.4) is 0 Å². The summed E-state index contributed by atoms with van der Waals surface area (Å²) < 4.78 is 17.2. The summed E-state index contributed by atoms with van der Waals surface area (Å²) in [5, 5.41) is 4.12. The summed E-state index contributed by atoms with van der Waals surface area (Å²) in [4.78, 5) is 28.5. The van der Waals surface area contributed by atoms with Crippen molar-refractivity contribution in [2.45, 2.75) is 25.8 Å². The smallest absolute Gasteiger partial charge is 0.275 e. The minimum absolute atomic E-state index is 0.0582. The normalized spacial score (nSPS) is 11.5. The first-order valence-corrected chi connectivity index (χ1v) is 10.7. The van der Waals surface area contributed by atoms with Crippen LogP contribution in [0.25, 0.3) is 27.5 Å². The molecule has 0 saturated carbocycles. The molecule has 0 aliphatic heterocycles. The lowest BCUT2D eigenvalue weighted by atomic mass is 10.1. The molecule has 0 fully saturated rings. The molecule has 5 rings (SSSR count). The van der Waals surface area contributed by atoms with Crippen molar-refractivity contribution in [1.29, 1.82) is 0 Å². The Hall–Kier alpha value is -3.87. The number of aromatic nitrogens is 3. The molecular weight excluding hydrogens is 407 g/mol. The van der Waals surface area contributed by atoms with Gasteiger partial charge < -0.3 is 19.3 Å². The average Bonchev–Trinajstić information content (AvgIpc) is 3.44. The van der Waals surface area contributed by atoms with Crippen molar-refractivity contribution in [2.24, 2.45) is 0 Å². The Morgan fingerprint density at radius 3 is 2.81 bits per heavy atom. The molecule has 1 amide bonds. The van der Waals surface area contributed by atoms with Crippen LogP contribution in [0.1, 0.15) is 18.4 Å². The lowest BCUT2D eigenvalue weighted by Gasteiger charge is -2.13. The van der Waals surface area contributed by atoms with E-state index in [1.54, 1.807) is 33.4 Å². The van der Waals surface area contributed by atoms with Gasteiger partial charge in [0.15, 0.2) is 0 Å². The minimum atomic E-state index is -0.396. The first-order valence-electron chi connectivity index (χ1n) is 10.7. The fourth-order valence-electron chi connectivity index (χ4n) is 4.31. The summed E-state index contributed by atoms with van der Waals surface area (Å²) in [6, 6.07) is 16.1. The van der Waals surface area contributed by atoms with E-state index in [0.29, 0.717) is 37.0 Å². The highest BCUT2D eigenvalue weighted by atomic mass is 19.1.